The summed E-state index contributed by atoms with van der Waals surface area (Å²) in [7, 11) is -4.51. The van der Waals surface area contributed by atoms with Gasteiger partial charge in [-0.2, -0.15) is 8.78 Å². The largest absolute Gasteiger partial charge is 0.372 e. The molecule has 0 aromatic heterocycles. The topological polar surface area (TPSA) is 37.4 Å². The zero-order chi connectivity index (χ0) is 20.2. The lowest BCUT2D eigenvalue weighted by Crippen LogP contribution is -2.42. The number of rotatable bonds is 8. The third kappa shape index (κ3) is 4.27. The van der Waals surface area contributed by atoms with Crippen molar-refractivity contribution >= 4 is 41.6 Å². The van der Waals surface area contributed by atoms with E-state index in [2.05, 4.69) is 0 Å². The van der Waals surface area contributed by atoms with Crippen LogP contribution in [0.15, 0.2) is 48.5 Å². The Labute approximate surface area is 167 Å². The van der Waals surface area contributed by atoms with Crippen LogP contribution in [0.2, 0.25) is 10.0 Å². The van der Waals surface area contributed by atoms with Gasteiger partial charge in [-0.05, 0) is 29.8 Å². The van der Waals surface area contributed by atoms with E-state index in [1.165, 1.54) is 47.1 Å². The molecule has 2 rings (SSSR count). The molecule has 1 atom stereocenters. The molecule has 0 saturated carbocycles. The minimum atomic E-state index is -4.51. The first-order chi connectivity index (χ1) is 12.7. The monoisotopic (exact) mass is 433 g/mol. The zero-order valence-electron chi connectivity index (χ0n) is 15.0. The van der Waals surface area contributed by atoms with Crippen LogP contribution in [0.5, 0.6) is 0 Å². The van der Waals surface area contributed by atoms with Gasteiger partial charge in [0.25, 0.3) is 7.29 Å². The number of hydrogen-bond donors (Lipinski definition) is 0. The van der Waals surface area contributed by atoms with E-state index >= 15 is 8.78 Å². The third-order valence-corrected chi connectivity index (χ3v) is 8.41. The summed E-state index contributed by atoms with van der Waals surface area (Å²) in [6.45, 7) is 3.52. The van der Waals surface area contributed by atoms with Crippen molar-refractivity contribution in [2.45, 2.75) is 25.9 Å². The van der Waals surface area contributed by atoms with E-state index < -0.39 is 25.2 Å². The molecule has 0 amide bonds. The van der Waals surface area contributed by atoms with E-state index in [4.69, 9.17) is 23.2 Å². The Kier molecular flexibility index (Phi) is 7.20. The number of halogens is 4. The molecule has 27 heavy (non-hydrogen) atoms. The van der Waals surface area contributed by atoms with Crippen LogP contribution < -0.4 is 5.30 Å². The molecular formula is C19H20Cl2F2NO2P. The molecule has 146 valence electrons. The van der Waals surface area contributed by atoms with Crippen LogP contribution in [0.3, 0.4) is 0 Å². The Morgan fingerprint density at radius 2 is 1.63 bits per heavy atom. The molecule has 2 aromatic rings. The standard InChI is InChI=1S/C19H20Cl2F2NO2P/c1-3-24(4-2)27(26,15-8-6-5-7-9-15)19(22,23)18(25)13-14-10-11-16(20)17(21)12-14/h5-12H,3-4,13H2,1-2H3. The SMILES string of the molecule is CCN(CC)P(=O)(c1ccccc1)C(F)(F)C(=O)Cc1ccc(Cl)c(Cl)c1. The van der Waals surface area contributed by atoms with Crippen molar-refractivity contribution in [3.8, 4) is 0 Å². The van der Waals surface area contributed by atoms with Gasteiger partial charge in [0.15, 0.2) is 0 Å². The molecule has 0 saturated heterocycles. The summed E-state index contributed by atoms with van der Waals surface area (Å²) in [5.74, 6) is -1.42. The van der Waals surface area contributed by atoms with E-state index in [-0.39, 0.29) is 34.0 Å². The number of alkyl halides is 2. The van der Waals surface area contributed by atoms with Gasteiger partial charge in [-0.3, -0.25) is 9.36 Å². The maximum absolute atomic E-state index is 15.3. The molecule has 0 radical (unpaired) electrons. The number of nitrogens with zero attached hydrogens (tertiary/aromatic N) is 1. The van der Waals surface area contributed by atoms with Crippen LogP contribution >= 0.6 is 30.5 Å². The summed E-state index contributed by atoms with van der Waals surface area (Å²) >= 11 is 11.7. The zero-order valence-corrected chi connectivity index (χ0v) is 17.4. The van der Waals surface area contributed by atoms with Crippen molar-refractivity contribution < 1.29 is 18.1 Å². The number of benzene rings is 2. The molecule has 0 spiro atoms. The van der Waals surface area contributed by atoms with Crippen LogP contribution in [0.4, 0.5) is 8.78 Å². The highest BCUT2D eigenvalue weighted by Crippen LogP contribution is 2.62. The second-order valence-electron chi connectivity index (χ2n) is 5.94. The van der Waals surface area contributed by atoms with Crippen molar-refractivity contribution in [2.75, 3.05) is 13.1 Å². The van der Waals surface area contributed by atoms with Crippen molar-refractivity contribution in [1.82, 2.24) is 4.67 Å². The molecule has 0 heterocycles. The quantitative estimate of drug-likeness (QED) is 0.505. The lowest BCUT2D eigenvalue weighted by Gasteiger charge is -2.35. The Bertz CT molecular complexity index is 858. The smallest absolute Gasteiger partial charge is 0.294 e. The summed E-state index contributed by atoms with van der Waals surface area (Å²) < 4.78 is 45.5. The summed E-state index contributed by atoms with van der Waals surface area (Å²) in [6, 6.07) is 11.7. The Balaban J connectivity index is 2.48. The van der Waals surface area contributed by atoms with Crippen LogP contribution in [0.25, 0.3) is 0 Å². The van der Waals surface area contributed by atoms with E-state index in [1.807, 2.05) is 0 Å². The van der Waals surface area contributed by atoms with Gasteiger partial charge in [-0.25, -0.2) is 4.67 Å². The maximum atomic E-state index is 15.3. The number of ketones is 1. The average Bonchev–Trinajstić information content (AvgIpc) is 2.66. The van der Waals surface area contributed by atoms with Gasteiger partial charge < -0.3 is 0 Å². The highest BCUT2D eigenvalue weighted by Gasteiger charge is 2.59. The highest BCUT2D eigenvalue weighted by molar-refractivity contribution is 7.71. The lowest BCUT2D eigenvalue weighted by molar-refractivity contribution is -0.133. The third-order valence-electron chi connectivity index (χ3n) is 4.30. The molecule has 0 bridgehead atoms. The van der Waals surface area contributed by atoms with Gasteiger partial charge in [-0.1, -0.05) is 61.3 Å². The first-order valence-electron chi connectivity index (χ1n) is 8.44. The van der Waals surface area contributed by atoms with Crippen LogP contribution in [0.1, 0.15) is 19.4 Å². The fourth-order valence-electron chi connectivity index (χ4n) is 2.87. The molecule has 3 nitrogen and oxygen atoms in total. The van der Waals surface area contributed by atoms with Gasteiger partial charge in [0.2, 0.25) is 5.78 Å². The second-order valence-corrected chi connectivity index (χ2v) is 9.55. The first-order valence-corrected chi connectivity index (χ1v) is 10.9. The minimum absolute atomic E-state index is 0.0406. The van der Waals surface area contributed by atoms with Gasteiger partial charge in [0, 0.05) is 24.8 Å². The molecule has 2 aromatic carbocycles. The summed E-state index contributed by atoms with van der Waals surface area (Å²) in [5, 5.41) is 0.388. The Morgan fingerprint density at radius 3 is 2.15 bits per heavy atom. The Hall–Kier alpha value is -1.26. The minimum Gasteiger partial charge on any atom is -0.294 e. The number of Topliss-reactive ketones (excluding diaryl/α,β-unsaturated/α-hetero) is 1. The summed E-state index contributed by atoms with van der Waals surface area (Å²) in [6.07, 6.45) is -0.595. The van der Waals surface area contributed by atoms with Gasteiger partial charge >= 0.3 is 5.66 Å². The first kappa shape index (κ1) is 22.0. The van der Waals surface area contributed by atoms with Crippen LogP contribution in [0, 0.1) is 0 Å². The molecule has 0 fully saturated rings. The van der Waals surface area contributed by atoms with Gasteiger partial charge in [-0.15, -0.1) is 0 Å². The molecular weight excluding hydrogens is 414 g/mol. The lowest BCUT2D eigenvalue weighted by atomic mass is 10.1. The summed E-state index contributed by atoms with van der Waals surface area (Å²) in [5.41, 5.74) is -3.76. The highest BCUT2D eigenvalue weighted by atomic mass is 35.5. The fourth-order valence-corrected chi connectivity index (χ4v) is 5.98. The van der Waals surface area contributed by atoms with E-state index in [9.17, 15) is 9.36 Å². The number of hydrogen-bond acceptors (Lipinski definition) is 2. The normalized spacial score (nSPS) is 14.2. The average molecular weight is 434 g/mol. The van der Waals surface area contributed by atoms with Gasteiger partial charge in [0.1, 0.15) is 0 Å². The Morgan fingerprint density at radius 1 is 1.04 bits per heavy atom. The molecule has 0 aliphatic carbocycles. The predicted molar refractivity (Wildman–Crippen MR) is 107 cm³/mol. The molecule has 0 aliphatic rings. The van der Waals surface area contributed by atoms with E-state index in [0.717, 1.165) is 0 Å². The maximum Gasteiger partial charge on any atom is 0.372 e. The molecule has 0 aliphatic heterocycles. The molecule has 8 heteroatoms. The van der Waals surface area contributed by atoms with E-state index in [0.29, 0.717) is 0 Å². The molecule has 1 unspecified atom stereocenters. The fraction of sp³-hybridized carbons (Fsp3) is 0.316. The number of carbonyl (C=O) groups is 1. The van der Waals surface area contributed by atoms with Crippen molar-refractivity contribution in [3.63, 3.8) is 0 Å². The van der Waals surface area contributed by atoms with Crippen LogP contribution in [-0.4, -0.2) is 29.2 Å². The van der Waals surface area contributed by atoms with Gasteiger partial charge in [0.05, 0.1) is 10.0 Å². The summed E-state index contributed by atoms with van der Waals surface area (Å²) in [4.78, 5) is 12.6. The predicted octanol–water partition coefficient (Wildman–Crippen LogP) is 5.64. The number of carbonyl (C=O) groups excluding carboxylic acids is 1. The van der Waals surface area contributed by atoms with Crippen molar-refractivity contribution in [1.29, 1.82) is 0 Å². The molecule has 0 N–H and O–H groups in total. The van der Waals surface area contributed by atoms with Crippen molar-refractivity contribution in [3.05, 3.63) is 64.1 Å². The second kappa shape index (κ2) is 8.83. The van der Waals surface area contributed by atoms with E-state index in [1.54, 1.807) is 19.9 Å². The van der Waals surface area contributed by atoms with Crippen LogP contribution in [-0.2, 0) is 15.8 Å². The van der Waals surface area contributed by atoms with Crippen molar-refractivity contribution in [2.24, 2.45) is 0 Å².